The van der Waals surface area contributed by atoms with Crippen LogP contribution in [0.2, 0.25) is 0 Å². The number of furan rings is 1. The third-order valence-corrected chi connectivity index (χ3v) is 6.51. The van der Waals surface area contributed by atoms with E-state index in [9.17, 15) is 9.59 Å². The van der Waals surface area contributed by atoms with Crippen molar-refractivity contribution >= 4 is 22.8 Å². The summed E-state index contributed by atoms with van der Waals surface area (Å²) in [4.78, 5) is 28.1. The molecule has 2 bridgehead atoms. The quantitative estimate of drug-likeness (QED) is 0.533. The first-order chi connectivity index (χ1) is 14.7. The van der Waals surface area contributed by atoms with Gasteiger partial charge in [-0.3, -0.25) is 4.79 Å². The van der Waals surface area contributed by atoms with Crippen LogP contribution in [-0.2, 0) is 11.3 Å². The highest BCUT2D eigenvalue weighted by atomic mass is 16.6. The molecule has 30 heavy (non-hydrogen) atoms. The van der Waals surface area contributed by atoms with E-state index in [1.165, 1.54) is 0 Å². The number of rotatable bonds is 4. The van der Waals surface area contributed by atoms with E-state index >= 15 is 0 Å². The Balaban J connectivity index is 1.30. The smallest absolute Gasteiger partial charge is 0.410 e. The van der Waals surface area contributed by atoms with Crippen molar-refractivity contribution < 1.29 is 18.7 Å². The molecule has 0 saturated carbocycles. The lowest BCUT2D eigenvalue weighted by Gasteiger charge is -2.47. The molecule has 2 unspecified atom stereocenters. The number of ketones is 1. The summed E-state index contributed by atoms with van der Waals surface area (Å²) in [5.41, 5.74) is 2.38. The number of carbonyl (C=O) groups is 2. The molecule has 5 nitrogen and oxygen atoms in total. The predicted molar refractivity (Wildman–Crippen MR) is 113 cm³/mol. The highest BCUT2D eigenvalue weighted by Gasteiger charge is 2.44. The van der Waals surface area contributed by atoms with Crippen LogP contribution in [0.4, 0.5) is 4.79 Å². The minimum atomic E-state index is -0.256. The summed E-state index contributed by atoms with van der Waals surface area (Å²) >= 11 is 0. The maximum Gasteiger partial charge on any atom is 0.410 e. The van der Waals surface area contributed by atoms with Gasteiger partial charge in [0.2, 0.25) is 0 Å². The fraction of sp³-hybridized carbons (Fsp3) is 0.360. The fourth-order valence-corrected chi connectivity index (χ4v) is 5.08. The van der Waals surface area contributed by atoms with Gasteiger partial charge in [-0.05, 0) is 43.7 Å². The number of amides is 1. The Morgan fingerprint density at radius 2 is 1.67 bits per heavy atom. The highest BCUT2D eigenvalue weighted by molar-refractivity contribution is 6.08. The predicted octanol–water partition coefficient (Wildman–Crippen LogP) is 5.59. The summed E-state index contributed by atoms with van der Waals surface area (Å²) in [6, 6.07) is 17.5. The lowest BCUT2D eigenvalue weighted by Crippen LogP contribution is -2.55. The molecule has 5 rings (SSSR count). The van der Waals surface area contributed by atoms with Crippen LogP contribution < -0.4 is 0 Å². The lowest BCUT2D eigenvalue weighted by atomic mass is 9.76. The van der Waals surface area contributed by atoms with Crippen molar-refractivity contribution in [2.75, 3.05) is 0 Å². The maximum atomic E-state index is 13.3. The van der Waals surface area contributed by atoms with E-state index in [4.69, 9.17) is 9.15 Å². The molecule has 0 radical (unpaired) electrons. The molecule has 5 heteroatoms. The van der Waals surface area contributed by atoms with E-state index in [-0.39, 0.29) is 36.5 Å². The molecular weight excluding hydrogens is 378 g/mol. The molecule has 2 aliphatic heterocycles. The number of ether oxygens (including phenoxy) is 1. The Labute approximate surface area is 175 Å². The van der Waals surface area contributed by atoms with Gasteiger partial charge in [-0.2, -0.15) is 0 Å². The summed E-state index contributed by atoms with van der Waals surface area (Å²) in [6.07, 6.45) is 5.65. The van der Waals surface area contributed by atoms with E-state index in [0.717, 1.165) is 35.8 Å². The first kappa shape index (κ1) is 18.9. The molecule has 1 aromatic heterocycles. The number of nitrogens with zero attached hydrogens (tertiary/aromatic N) is 1. The molecule has 2 aliphatic rings. The average Bonchev–Trinajstić information content (AvgIpc) is 3.21. The van der Waals surface area contributed by atoms with Crippen molar-refractivity contribution in [2.24, 2.45) is 5.92 Å². The number of carbonyl (C=O) groups excluding carboxylic acids is 2. The van der Waals surface area contributed by atoms with Gasteiger partial charge in [-0.15, -0.1) is 0 Å². The van der Waals surface area contributed by atoms with Crippen LogP contribution >= 0.6 is 0 Å². The standard InChI is InChI=1S/C25H25NO4/c27-24(22-16-29-23-12-5-4-11-21(22)23)18-13-19-9-6-10-20(14-18)26(19)25(28)30-15-17-7-2-1-3-8-17/h1-5,7-8,11-12,16,18-20H,6,9-10,13-15H2. The Morgan fingerprint density at radius 1 is 0.967 bits per heavy atom. The molecule has 2 atom stereocenters. The van der Waals surface area contributed by atoms with Crippen molar-refractivity contribution in [3.8, 4) is 0 Å². The molecule has 0 N–H and O–H groups in total. The van der Waals surface area contributed by atoms with Crippen molar-refractivity contribution in [1.82, 2.24) is 4.90 Å². The number of Topliss-reactive ketones (excluding diaryl/α,β-unsaturated/α-hetero) is 1. The van der Waals surface area contributed by atoms with Gasteiger partial charge in [0.25, 0.3) is 0 Å². The molecule has 2 fully saturated rings. The molecular formula is C25H25NO4. The van der Waals surface area contributed by atoms with Crippen molar-refractivity contribution in [1.29, 1.82) is 0 Å². The van der Waals surface area contributed by atoms with Crippen LogP contribution in [0.5, 0.6) is 0 Å². The van der Waals surface area contributed by atoms with Crippen LogP contribution in [0.15, 0.2) is 65.3 Å². The summed E-state index contributed by atoms with van der Waals surface area (Å²) in [7, 11) is 0. The number of fused-ring (bicyclic) bond motifs is 3. The van der Waals surface area contributed by atoms with Crippen molar-refractivity contribution in [3.05, 3.63) is 72.0 Å². The number of benzene rings is 2. The molecule has 154 valence electrons. The Bertz CT molecular complexity index is 1040. The molecule has 2 aromatic carbocycles. The maximum absolute atomic E-state index is 13.3. The van der Waals surface area contributed by atoms with Gasteiger partial charge in [-0.1, -0.05) is 48.5 Å². The second-order valence-corrected chi connectivity index (χ2v) is 8.36. The number of para-hydroxylation sites is 1. The SMILES string of the molecule is O=C(c1coc2ccccc12)C1CC2CCCC(C1)N2C(=O)OCc1ccccc1. The van der Waals surface area contributed by atoms with Crippen LogP contribution in [0.1, 0.15) is 48.0 Å². The van der Waals surface area contributed by atoms with E-state index in [1.807, 2.05) is 59.5 Å². The van der Waals surface area contributed by atoms with E-state index < -0.39 is 0 Å². The second kappa shape index (κ2) is 7.98. The first-order valence-electron chi connectivity index (χ1n) is 10.7. The minimum absolute atomic E-state index is 0.0629. The molecule has 3 aromatic rings. The summed E-state index contributed by atoms with van der Waals surface area (Å²) in [5.74, 6) is 0.0497. The van der Waals surface area contributed by atoms with Crippen LogP contribution in [0, 0.1) is 5.92 Å². The Hall–Kier alpha value is -3.08. The van der Waals surface area contributed by atoms with Crippen LogP contribution in [0.25, 0.3) is 11.0 Å². The van der Waals surface area contributed by atoms with Crippen LogP contribution in [-0.4, -0.2) is 28.9 Å². The monoisotopic (exact) mass is 403 g/mol. The largest absolute Gasteiger partial charge is 0.464 e. The Kier molecular flexibility index (Phi) is 5.03. The lowest BCUT2D eigenvalue weighted by molar-refractivity contribution is 0.00474. The molecule has 2 saturated heterocycles. The van der Waals surface area contributed by atoms with E-state index in [1.54, 1.807) is 6.26 Å². The second-order valence-electron chi connectivity index (χ2n) is 8.36. The molecule has 3 heterocycles. The zero-order chi connectivity index (χ0) is 20.5. The van der Waals surface area contributed by atoms with Crippen molar-refractivity contribution in [2.45, 2.75) is 50.8 Å². The molecule has 0 spiro atoms. The molecule has 1 amide bonds. The summed E-state index contributed by atoms with van der Waals surface area (Å²) < 4.78 is 11.2. The normalized spacial score (nSPS) is 23.3. The van der Waals surface area contributed by atoms with Gasteiger partial charge in [0, 0.05) is 23.4 Å². The van der Waals surface area contributed by atoms with Gasteiger partial charge in [0.15, 0.2) is 5.78 Å². The fourth-order valence-electron chi connectivity index (χ4n) is 5.08. The summed E-state index contributed by atoms with van der Waals surface area (Å²) in [6.45, 7) is 0.277. The third kappa shape index (κ3) is 3.49. The minimum Gasteiger partial charge on any atom is -0.464 e. The van der Waals surface area contributed by atoms with Gasteiger partial charge in [0.1, 0.15) is 18.5 Å². The third-order valence-electron chi connectivity index (χ3n) is 6.51. The van der Waals surface area contributed by atoms with Gasteiger partial charge < -0.3 is 14.1 Å². The first-order valence-corrected chi connectivity index (χ1v) is 10.7. The zero-order valence-corrected chi connectivity index (χ0v) is 16.8. The van der Waals surface area contributed by atoms with Gasteiger partial charge in [-0.25, -0.2) is 4.79 Å². The van der Waals surface area contributed by atoms with Gasteiger partial charge >= 0.3 is 6.09 Å². The number of piperidine rings is 2. The average molecular weight is 403 g/mol. The van der Waals surface area contributed by atoms with Gasteiger partial charge in [0.05, 0.1) is 5.56 Å². The van der Waals surface area contributed by atoms with E-state index in [0.29, 0.717) is 18.4 Å². The summed E-state index contributed by atoms with van der Waals surface area (Å²) in [5, 5.41) is 0.873. The van der Waals surface area contributed by atoms with Crippen LogP contribution in [0.3, 0.4) is 0 Å². The number of hydrogen-bond donors (Lipinski definition) is 0. The highest BCUT2D eigenvalue weighted by Crippen LogP contribution is 2.39. The Morgan fingerprint density at radius 3 is 2.43 bits per heavy atom. The number of hydrogen-bond acceptors (Lipinski definition) is 4. The molecule has 0 aliphatic carbocycles. The topological polar surface area (TPSA) is 59.8 Å². The van der Waals surface area contributed by atoms with Crippen molar-refractivity contribution in [3.63, 3.8) is 0 Å². The van der Waals surface area contributed by atoms with E-state index in [2.05, 4.69) is 0 Å². The zero-order valence-electron chi connectivity index (χ0n) is 16.8.